The Bertz CT molecular complexity index is 1050. The normalized spacial score (nSPS) is 24.1. The number of nitrogens with zero attached hydrogens (tertiary/aromatic N) is 1. The van der Waals surface area contributed by atoms with Gasteiger partial charge in [-0.3, -0.25) is 10.0 Å². The number of benzene rings is 2. The molecule has 1 unspecified atom stereocenters. The number of rotatable bonds is 6. The number of nitrogens with one attached hydrogen (secondary N) is 1. The molecule has 2 aliphatic carbocycles. The monoisotopic (exact) mass is 392 g/mol. The van der Waals surface area contributed by atoms with Crippen molar-refractivity contribution in [1.82, 2.24) is 10.5 Å². The SMILES string of the molecule is O=C(NO)C(F)[C@]1(c2ccccc2)C[C@@H]1c1cccc(-c2cnc(C3CC3)o2)c1. The summed E-state index contributed by atoms with van der Waals surface area (Å²) in [5, 5.41) is 8.99. The quantitative estimate of drug-likeness (QED) is 0.479. The molecule has 2 N–H and O–H groups in total. The number of hydrogen-bond donors (Lipinski definition) is 2. The van der Waals surface area contributed by atoms with Gasteiger partial charge in [0.2, 0.25) is 0 Å². The maximum absolute atomic E-state index is 15.2. The molecule has 1 aromatic heterocycles. The zero-order chi connectivity index (χ0) is 20.0. The lowest BCUT2D eigenvalue weighted by atomic mass is 9.85. The molecular formula is C23H21FN2O3. The van der Waals surface area contributed by atoms with Gasteiger partial charge in [0.15, 0.2) is 17.8 Å². The fraction of sp³-hybridized carbons (Fsp3) is 0.304. The molecule has 0 bridgehead atoms. The van der Waals surface area contributed by atoms with E-state index < -0.39 is 17.5 Å². The Balaban J connectivity index is 1.49. The number of amides is 1. The van der Waals surface area contributed by atoms with Gasteiger partial charge in [0.1, 0.15) is 0 Å². The molecule has 2 saturated carbocycles. The highest BCUT2D eigenvalue weighted by atomic mass is 19.1. The van der Waals surface area contributed by atoms with E-state index in [1.54, 1.807) is 6.20 Å². The Labute approximate surface area is 167 Å². The summed E-state index contributed by atoms with van der Waals surface area (Å²) in [5.74, 6) is 0.716. The number of halogens is 1. The highest BCUT2D eigenvalue weighted by Gasteiger charge is 2.63. The average molecular weight is 392 g/mol. The van der Waals surface area contributed by atoms with Gasteiger partial charge in [-0.15, -0.1) is 0 Å². The smallest absolute Gasteiger partial charge is 0.278 e. The first-order chi connectivity index (χ1) is 14.1. The Morgan fingerprint density at radius 3 is 2.72 bits per heavy atom. The minimum Gasteiger partial charge on any atom is -0.440 e. The number of alkyl halides is 1. The van der Waals surface area contributed by atoms with E-state index in [0.717, 1.165) is 35.4 Å². The van der Waals surface area contributed by atoms with Crippen LogP contribution in [0.3, 0.4) is 0 Å². The summed E-state index contributed by atoms with van der Waals surface area (Å²) in [6, 6.07) is 17.0. The van der Waals surface area contributed by atoms with Crippen molar-refractivity contribution in [1.29, 1.82) is 0 Å². The summed E-state index contributed by atoms with van der Waals surface area (Å²) < 4.78 is 21.1. The lowest BCUT2D eigenvalue weighted by Crippen LogP contribution is -2.39. The molecule has 0 aliphatic heterocycles. The molecule has 3 atom stereocenters. The van der Waals surface area contributed by atoms with Gasteiger partial charge in [0.25, 0.3) is 5.91 Å². The fourth-order valence-corrected chi connectivity index (χ4v) is 4.33. The van der Waals surface area contributed by atoms with Gasteiger partial charge in [0.05, 0.1) is 6.20 Å². The van der Waals surface area contributed by atoms with Crippen LogP contribution in [0.5, 0.6) is 0 Å². The lowest BCUT2D eigenvalue weighted by molar-refractivity contribution is -0.135. The van der Waals surface area contributed by atoms with E-state index in [4.69, 9.17) is 9.62 Å². The number of oxazole rings is 1. The van der Waals surface area contributed by atoms with Crippen LogP contribution >= 0.6 is 0 Å². The zero-order valence-electron chi connectivity index (χ0n) is 15.7. The molecule has 2 aliphatic rings. The largest absolute Gasteiger partial charge is 0.440 e. The van der Waals surface area contributed by atoms with E-state index in [1.807, 2.05) is 54.6 Å². The van der Waals surface area contributed by atoms with Gasteiger partial charge in [-0.1, -0.05) is 48.5 Å². The van der Waals surface area contributed by atoms with E-state index >= 15 is 4.39 Å². The van der Waals surface area contributed by atoms with Crippen molar-refractivity contribution in [2.75, 3.05) is 0 Å². The van der Waals surface area contributed by atoms with Crippen LogP contribution in [-0.4, -0.2) is 22.3 Å². The van der Waals surface area contributed by atoms with Crippen LogP contribution < -0.4 is 5.48 Å². The van der Waals surface area contributed by atoms with Crippen molar-refractivity contribution in [3.8, 4) is 11.3 Å². The third-order valence-corrected chi connectivity index (χ3v) is 6.13. The summed E-state index contributed by atoms with van der Waals surface area (Å²) in [4.78, 5) is 16.3. The third kappa shape index (κ3) is 3.04. The van der Waals surface area contributed by atoms with Crippen molar-refractivity contribution in [2.45, 2.75) is 42.7 Å². The number of hydroxylamine groups is 1. The zero-order valence-corrected chi connectivity index (χ0v) is 15.7. The Morgan fingerprint density at radius 1 is 1.21 bits per heavy atom. The topological polar surface area (TPSA) is 75.4 Å². The predicted molar refractivity (Wildman–Crippen MR) is 104 cm³/mol. The summed E-state index contributed by atoms with van der Waals surface area (Å²) in [5.41, 5.74) is 3.05. The summed E-state index contributed by atoms with van der Waals surface area (Å²) in [6.45, 7) is 0. The van der Waals surface area contributed by atoms with Crippen molar-refractivity contribution >= 4 is 5.91 Å². The van der Waals surface area contributed by atoms with E-state index in [0.29, 0.717) is 18.1 Å². The van der Waals surface area contributed by atoms with Crippen molar-refractivity contribution < 1.29 is 18.8 Å². The molecule has 5 nitrogen and oxygen atoms in total. The van der Waals surface area contributed by atoms with Gasteiger partial charge >= 0.3 is 0 Å². The second kappa shape index (κ2) is 6.81. The van der Waals surface area contributed by atoms with Gasteiger partial charge < -0.3 is 4.42 Å². The van der Waals surface area contributed by atoms with Crippen molar-refractivity contribution in [2.24, 2.45) is 0 Å². The van der Waals surface area contributed by atoms with Crippen LogP contribution in [0.15, 0.2) is 65.2 Å². The molecule has 0 radical (unpaired) electrons. The van der Waals surface area contributed by atoms with Crippen LogP contribution in [0, 0.1) is 0 Å². The molecule has 29 heavy (non-hydrogen) atoms. The van der Waals surface area contributed by atoms with E-state index in [-0.39, 0.29) is 5.92 Å². The van der Waals surface area contributed by atoms with Crippen LogP contribution in [0.4, 0.5) is 4.39 Å². The van der Waals surface area contributed by atoms with Gasteiger partial charge in [0, 0.05) is 16.9 Å². The Morgan fingerprint density at radius 2 is 2.00 bits per heavy atom. The van der Waals surface area contributed by atoms with E-state index in [9.17, 15) is 4.79 Å². The van der Waals surface area contributed by atoms with Crippen LogP contribution in [0.1, 0.15) is 48.1 Å². The number of carbonyl (C=O) groups excluding carboxylic acids is 1. The average Bonchev–Trinajstić information content (AvgIpc) is 3.70. The lowest BCUT2D eigenvalue weighted by Gasteiger charge is -2.21. The van der Waals surface area contributed by atoms with E-state index in [1.165, 1.54) is 5.48 Å². The Kier molecular flexibility index (Phi) is 4.24. The second-order valence-corrected chi connectivity index (χ2v) is 7.96. The van der Waals surface area contributed by atoms with Crippen molar-refractivity contribution in [3.05, 3.63) is 77.8 Å². The molecule has 2 fully saturated rings. The minimum absolute atomic E-state index is 0.178. The van der Waals surface area contributed by atoms with Crippen LogP contribution in [0.2, 0.25) is 0 Å². The first-order valence-corrected chi connectivity index (χ1v) is 9.83. The Hall–Kier alpha value is -2.99. The third-order valence-electron chi connectivity index (χ3n) is 6.13. The maximum atomic E-state index is 15.2. The molecular weight excluding hydrogens is 371 g/mol. The molecule has 6 heteroatoms. The molecule has 2 aromatic carbocycles. The number of carbonyl (C=O) groups is 1. The standard InChI is InChI=1S/C23H21FN2O3/c24-20(21(27)26-28)23(17-7-2-1-3-8-17)12-18(23)15-5-4-6-16(11-15)19-13-25-22(29-19)14-9-10-14/h1-8,11,13-14,18,20,28H,9-10,12H2,(H,26,27)/t18-,20?,23+/m1/s1. The number of hydrogen-bond acceptors (Lipinski definition) is 4. The molecule has 0 spiro atoms. The molecule has 0 saturated heterocycles. The van der Waals surface area contributed by atoms with Crippen molar-refractivity contribution in [3.63, 3.8) is 0 Å². The fourth-order valence-electron chi connectivity index (χ4n) is 4.33. The molecule has 1 heterocycles. The predicted octanol–water partition coefficient (Wildman–Crippen LogP) is 4.49. The molecule has 148 valence electrons. The van der Waals surface area contributed by atoms with Gasteiger partial charge in [-0.05, 0) is 42.4 Å². The van der Waals surface area contributed by atoms with Gasteiger partial charge in [-0.25, -0.2) is 14.9 Å². The molecule has 1 amide bonds. The summed E-state index contributed by atoms with van der Waals surface area (Å²) in [6.07, 6.45) is 2.61. The van der Waals surface area contributed by atoms with Gasteiger partial charge in [-0.2, -0.15) is 0 Å². The van der Waals surface area contributed by atoms with Crippen LogP contribution in [0.25, 0.3) is 11.3 Å². The summed E-state index contributed by atoms with van der Waals surface area (Å²) in [7, 11) is 0. The second-order valence-electron chi connectivity index (χ2n) is 7.96. The number of aromatic nitrogens is 1. The molecule has 3 aromatic rings. The first kappa shape index (κ1) is 18.1. The highest BCUT2D eigenvalue weighted by Crippen LogP contribution is 2.63. The van der Waals surface area contributed by atoms with E-state index in [2.05, 4.69) is 4.98 Å². The molecule has 5 rings (SSSR count). The minimum atomic E-state index is -1.85. The summed E-state index contributed by atoms with van der Waals surface area (Å²) >= 11 is 0. The highest BCUT2D eigenvalue weighted by molar-refractivity contribution is 5.83. The maximum Gasteiger partial charge on any atom is 0.278 e. The van der Waals surface area contributed by atoms with Crippen LogP contribution in [-0.2, 0) is 10.2 Å². The first-order valence-electron chi connectivity index (χ1n) is 9.83.